The highest BCUT2D eigenvalue weighted by Gasteiger charge is 2.10. The van der Waals surface area contributed by atoms with Gasteiger partial charge in [0.15, 0.2) is 11.5 Å². The van der Waals surface area contributed by atoms with Crippen LogP contribution in [-0.2, 0) is 11.2 Å². The number of benzene rings is 1. The zero-order valence-corrected chi connectivity index (χ0v) is 10.2. The van der Waals surface area contributed by atoms with Crippen molar-refractivity contribution in [1.82, 2.24) is 0 Å². The zero-order valence-electron chi connectivity index (χ0n) is 10.2. The summed E-state index contributed by atoms with van der Waals surface area (Å²) in [6.07, 6.45) is 1.45. The summed E-state index contributed by atoms with van der Waals surface area (Å²) in [7, 11) is 1.60. The van der Waals surface area contributed by atoms with Gasteiger partial charge >= 0.3 is 5.97 Å². The second kappa shape index (κ2) is 6.78. The van der Waals surface area contributed by atoms with Crippen molar-refractivity contribution >= 4 is 5.97 Å². The van der Waals surface area contributed by atoms with Gasteiger partial charge in [-0.05, 0) is 31.4 Å². The largest absolute Gasteiger partial charge is 0.493 e. The molecule has 0 aliphatic heterocycles. The van der Waals surface area contributed by atoms with Crippen molar-refractivity contribution < 1.29 is 19.4 Å². The quantitative estimate of drug-likeness (QED) is 0.793. The predicted octanol–water partition coefficient (Wildman–Crippen LogP) is 2.50. The molecule has 4 nitrogen and oxygen atoms in total. The van der Waals surface area contributed by atoms with Gasteiger partial charge in [0.2, 0.25) is 0 Å². The standard InChI is InChI=1S/C13H18O4/c1-3-17-13-10(7-5-9-12(14)15)6-4-8-11(13)16-2/h4,6,8H,3,5,7,9H2,1-2H3,(H,14,15). The molecule has 1 aromatic carbocycles. The molecule has 1 N–H and O–H groups in total. The molecule has 0 radical (unpaired) electrons. The number of hydrogen-bond acceptors (Lipinski definition) is 3. The first-order valence-electron chi connectivity index (χ1n) is 5.69. The number of carboxylic acids is 1. The lowest BCUT2D eigenvalue weighted by Gasteiger charge is -2.13. The normalized spacial score (nSPS) is 10.0. The van der Waals surface area contributed by atoms with Crippen molar-refractivity contribution in [3.8, 4) is 11.5 Å². The lowest BCUT2D eigenvalue weighted by molar-refractivity contribution is -0.137. The molecule has 0 saturated heterocycles. The van der Waals surface area contributed by atoms with Crippen LogP contribution in [0.1, 0.15) is 25.3 Å². The van der Waals surface area contributed by atoms with Gasteiger partial charge in [-0.15, -0.1) is 0 Å². The van der Waals surface area contributed by atoms with Crippen molar-refractivity contribution in [3.63, 3.8) is 0 Å². The molecular formula is C13H18O4. The average molecular weight is 238 g/mol. The second-order valence-electron chi connectivity index (χ2n) is 3.63. The number of carboxylic acid groups (broad SMARTS) is 1. The van der Waals surface area contributed by atoms with E-state index in [-0.39, 0.29) is 6.42 Å². The number of para-hydroxylation sites is 1. The van der Waals surface area contributed by atoms with Crippen molar-refractivity contribution in [2.45, 2.75) is 26.2 Å². The van der Waals surface area contributed by atoms with Gasteiger partial charge in [0, 0.05) is 6.42 Å². The molecule has 0 saturated carbocycles. The van der Waals surface area contributed by atoms with Crippen molar-refractivity contribution in [1.29, 1.82) is 0 Å². The molecule has 0 fully saturated rings. The summed E-state index contributed by atoms with van der Waals surface area (Å²) in [6, 6.07) is 5.67. The van der Waals surface area contributed by atoms with Gasteiger partial charge in [-0.3, -0.25) is 4.79 Å². The SMILES string of the molecule is CCOc1c(CCCC(=O)O)cccc1OC. The van der Waals surface area contributed by atoms with E-state index in [0.29, 0.717) is 25.2 Å². The van der Waals surface area contributed by atoms with Gasteiger partial charge in [-0.25, -0.2) is 0 Å². The van der Waals surface area contributed by atoms with Crippen LogP contribution in [-0.4, -0.2) is 24.8 Å². The number of carbonyl (C=O) groups is 1. The Labute approximate surface area is 101 Å². The molecule has 0 atom stereocenters. The third-order valence-corrected chi connectivity index (χ3v) is 2.41. The fourth-order valence-corrected chi connectivity index (χ4v) is 1.66. The van der Waals surface area contributed by atoms with E-state index in [4.69, 9.17) is 14.6 Å². The maximum Gasteiger partial charge on any atom is 0.303 e. The smallest absolute Gasteiger partial charge is 0.303 e. The van der Waals surface area contributed by atoms with Crippen LogP contribution in [0, 0.1) is 0 Å². The Hall–Kier alpha value is -1.71. The Bertz CT molecular complexity index is 374. The minimum atomic E-state index is -0.772. The van der Waals surface area contributed by atoms with Gasteiger partial charge in [-0.2, -0.15) is 0 Å². The molecule has 0 aliphatic carbocycles. The Kier molecular flexibility index (Phi) is 5.33. The summed E-state index contributed by atoms with van der Waals surface area (Å²) in [6.45, 7) is 2.47. The van der Waals surface area contributed by atoms with Crippen LogP contribution in [0.2, 0.25) is 0 Å². The summed E-state index contributed by atoms with van der Waals surface area (Å²) in [5.74, 6) is 0.647. The van der Waals surface area contributed by atoms with Crippen molar-refractivity contribution in [3.05, 3.63) is 23.8 Å². The van der Waals surface area contributed by atoms with Crippen LogP contribution < -0.4 is 9.47 Å². The topological polar surface area (TPSA) is 55.8 Å². The van der Waals surface area contributed by atoms with Crippen LogP contribution >= 0.6 is 0 Å². The third-order valence-electron chi connectivity index (χ3n) is 2.41. The van der Waals surface area contributed by atoms with Crippen molar-refractivity contribution in [2.75, 3.05) is 13.7 Å². The fourth-order valence-electron chi connectivity index (χ4n) is 1.66. The summed E-state index contributed by atoms with van der Waals surface area (Å²) in [5.41, 5.74) is 0.993. The maximum atomic E-state index is 10.5. The molecule has 1 rings (SSSR count). The summed E-state index contributed by atoms with van der Waals surface area (Å²) < 4.78 is 10.8. The van der Waals surface area contributed by atoms with Gasteiger partial charge in [0.05, 0.1) is 13.7 Å². The summed E-state index contributed by atoms with van der Waals surface area (Å²) in [5, 5.41) is 8.61. The van der Waals surface area contributed by atoms with Crippen molar-refractivity contribution in [2.24, 2.45) is 0 Å². The maximum absolute atomic E-state index is 10.5. The lowest BCUT2D eigenvalue weighted by atomic mass is 10.1. The number of methoxy groups -OCH3 is 1. The predicted molar refractivity (Wildman–Crippen MR) is 64.7 cm³/mol. The summed E-state index contributed by atoms with van der Waals surface area (Å²) in [4.78, 5) is 10.5. The molecule has 4 heteroatoms. The first-order chi connectivity index (χ1) is 8.19. The Morgan fingerprint density at radius 3 is 2.76 bits per heavy atom. The minimum absolute atomic E-state index is 0.169. The average Bonchev–Trinajstić information content (AvgIpc) is 2.30. The molecule has 0 amide bonds. The van der Waals surface area contributed by atoms with Gasteiger partial charge in [-0.1, -0.05) is 12.1 Å². The van der Waals surface area contributed by atoms with Gasteiger partial charge in [0.25, 0.3) is 0 Å². The third kappa shape index (κ3) is 3.98. The number of aliphatic carboxylic acids is 1. The number of ether oxygens (including phenoxy) is 2. The van der Waals surface area contributed by atoms with E-state index in [2.05, 4.69) is 0 Å². The van der Waals surface area contributed by atoms with E-state index < -0.39 is 5.97 Å². The van der Waals surface area contributed by atoms with Crippen LogP contribution in [0.3, 0.4) is 0 Å². The molecule has 17 heavy (non-hydrogen) atoms. The number of rotatable bonds is 7. The van der Waals surface area contributed by atoms with Gasteiger partial charge in [0.1, 0.15) is 0 Å². The van der Waals surface area contributed by atoms with E-state index in [1.54, 1.807) is 7.11 Å². The molecule has 0 unspecified atom stereocenters. The van der Waals surface area contributed by atoms with Crippen LogP contribution in [0.15, 0.2) is 18.2 Å². The number of hydrogen-bond donors (Lipinski definition) is 1. The molecule has 1 aromatic rings. The highest BCUT2D eigenvalue weighted by molar-refractivity contribution is 5.66. The highest BCUT2D eigenvalue weighted by Crippen LogP contribution is 2.31. The fraction of sp³-hybridized carbons (Fsp3) is 0.462. The Balaban J connectivity index is 2.78. The Morgan fingerprint density at radius 2 is 2.18 bits per heavy atom. The molecular weight excluding hydrogens is 220 g/mol. The molecule has 0 aromatic heterocycles. The van der Waals surface area contributed by atoms with Gasteiger partial charge < -0.3 is 14.6 Å². The van der Waals surface area contributed by atoms with Crippen LogP contribution in [0.5, 0.6) is 11.5 Å². The second-order valence-corrected chi connectivity index (χ2v) is 3.63. The minimum Gasteiger partial charge on any atom is -0.493 e. The van der Waals surface area contributed by atoms with E-state index in [1.165, 1.54) is 0 Å². The van der Waals surface area contributed by atoms with E-state index in [0.717, 1.165) is 11.3 Å². The zero-order chi connectivity index (χ0) is 12.7. The molecule has 0 heterocycles. The monoisotopic (exact) mass is 238 g/mol. The summed E-state index contributed by atoms with van der Waals surface area (Å²) >= 11 is 0. The first-order valence-corrected chi connectivity index (χ1v) is 5.69. The lowest BCUT2D eigenvalue weighted by Crippen LogP contribution is -2.01. The highest BCUT2D eigenvalue weighted by atomic mass is 16.5. The van der Waals surface area contributed by atoms with Crippen LogP contribution in [0.25, 0.3) is 0 Å². The molecule has 0 spiro atoms. The van der Waals surface area contributed by atoms with E-state index >= 15 is 0 Å². The van der Waals surface area contributed by atoms with E-state index in [9.17, 15) is 4.79 Å². The Morgan fingerprint density at radius 1 is 1.41 bits per heavy atom. The van der Waals surface area contributed by atoms with Crippen LogP contribution in [0.4, 0.5) is 0 Å². The molecule has 0 bridgehead atoms. The number of aryl methyl sites for hydroxylation is 1. The molecule has 94 valence electrons. The molecule has 0 aliphatic rings. The van der Waals surface area contributed by atoms with E-state index in [1.807, 2.05) is 25.1 Å². The first kappa shape index (κ1) is 13.4.